The van der Waals surface area contributed by atoms with Crippen LogP contribution in [0.15, 0.2) is 12.3 Å². The van der Waals surface area contributed by atoms with Gasteiger partial charge in [-0.25, -0.2) is 8.78 Å². The van der Waals surface area contributed by atoms with Crippen molar-refractivity contribution in [2.75, 3.05) is 7.11 Å². The SMILES string of the molecule is COc1cnc(C(O)C(F)F)cc1Cl. The average molecular weight is 224 g/mol. The molecule has 0 spiro atoms. The van der Waals surface area contributed by atoms with Crippen LogP contribution in [-0.2, 0) is 0 Å². The number of alkyl halides is 2. The zero-order valence-corrected chi connectivity index (χ0v) is 8.00. The normalized spacial score (nSPS) is 13.0. The highest BCUT2D eigenvalue weighted by atomic mass is 35.5. The summed E-state index contributed by atoms with van der Waals surface area (Å²) in [5, 5.41) is 9.11. The van der Waals surface area contributed by atoms with Gasteiger partial charge in [0.05, 0.1) is 24.0 Å². The molecule has 0 aromatic carbocycles. The fourth-order valence-electron chi connectivity index (χ4n) is 0.874. The first-order valence-corrected chi connectivity index (χ1v) is 4.09. The van der Waals surface area contributed by atoms with E-state index >= 15 is 0 Å². The third-order valence-corrected chi connectivity index (χ3v) is 1.90. The minimum Gasteiger partial charge on any atom is -0.494 e. The van der Waals surface area contributed by atoms with Crippen molar-refractivity contribution in [3.8, 4) is 5.75 Å². The number of rotatable bonds is 3. The number of nitrogens with zero attached hydrogens (tertiary/aromatic N) is 1. The van der Waals surface area contributed by atoms with Crippen LogP contribution in [0, 0.1) is 0 Å². The van der Waals surface area contributed by atoms with E-state index in [-0.39, 0.29) is 16.5 Å². The molecule has 6 heteroatoms. The van der Waals surface area contributed by atoms with Crippen molar-refractivity contribution in [3.05, 3.63) is 23.0 Å². The lowest BCUT2D eigenvalue weighted by Gasteiger charge is -2.10. The Bertz CT molecular complexity index is 322. The Balaban J connectivity index is 2.96. The van der Waals surface area contributed by atoms with E-state index in [1.54, 1.807) is 0 Å². The minimum absolute atomic E-state index is 0.136. The second kappa shape index (κ2) is 4.52. The molecule has 1 N–H and O–H groups in total. The summed E-state index contributed by atoms with van der Waals surface area (Å²) < 4.78 is 28.9. The Kier molecular flexibility index (Phi) is 3.60. The molecule has 0 saturated heterocycles. The summed E-state index contributed by atoms with van der Waals surface area (Å²) in [5.41, 5.74) is -0.175. The Morgan fingerprint density at radius 1 is 1.57 bits per heavy atom. The van der Waals surface area contributed by atoms with Crippen molar-refractivity contribution in [2.24, 2.45) is 0 Å². The van der Waals surface area contributed by atoms with Crippen LogP contribution in [0.4, 0.5) is 8.78 Å². The number of aromatic nitrogens is 1. The predicted molar refractivity (Wildman–Crippen MR) is 46.8 cm³/mol. The van der Waals surface area contributed by atoms with E-state index in [2.05, 4.69) is 4.98 Å². The zero-order chi connectivity index (χ0) is 10.7. The number of aliphatic hydroxyl groups is 1. The van der Waals surface area contributed by atoms with Gasteiger partial charge in [-0.1, -0.05) is 11.6 Å². The van der Waals surface area contributed by atoms with Crippen LogP contribution in [0.5, 0.6) is 5.75 Å². The van der Waals surface area contributed by atoms with Crippen LogP contribution < -0.4 is 4.74 Å². The van der Waals surface area contributed by atoms with Crippen LogP contribution in [0.1, 0.15) is 11.8 Å². The van der Waals surface area contributed by atoms with Crippen LogP contribution in [0.2, 0.25) is 5.02 Å². The van der Waals surface area contributed by atoms with Gasteiger partial charge >= 0.3 is 0 Å². The Morgan fingerprint density at radius 3 is 2.64 bits per heavy atom. The number of ether oxygens (including phenoxy) is 1. The van der Waals surface area contributed by atoms with E-state index in [9.17, 15) is 8.78 Å². The van der Waals surface area contributed by atoms with Gasteiger partial charge < -0.3 is 9.84 Å². The summed E-state index contributed by atoms with van der Waals surface area (Å²) in [7, 11) is 1.38. The molecule has 0 saturated carbocycles. The average Bonchev–Trinajstić information content (AvgIpc) is 2.16. The first kappa shape index (κ1) is 11.1. The Morgan fingerprint density at radius 2 is 2.21 bits per heavy atom. The molecule has 0 aliphatic rings. The lowest BCUT2D eigenvalue weighted by molar-refractivity contribution is -0.00823. The van der Waals surface area contributed by atoms with Crippen molar-refractivity contribution in [2.45, 2.75) is 12.5 Å². The predicted octanol–water partition coefficient (Wildman–Crippen LogP) is 2.04. The molecule has 1 aromatic rings. The van der Waals surface area contributed by atoms with E-state index in [0.717, 1.165) is 6.07 Å². The third kappa shape index (κ3) is 2.30. The Labute approximate surface area is 84.3 Å². The van der Waals surface area contributed by atoms with Gasteiger partial charge in [-0.2, -0.15) is 0 Å². The topological polar surface area (TPSA) is 42.4 Å². The number of hydrogen-bond donors (Lipinski definition) is 1. The van der Waals surface area contributed by atoms with E-state index < -0.39 is 12.5 Å². The third-order valence-electron chi connectivity index (χ3n) is 1.60. The smallest absolute Gasteiger partial charge is 0.269 e. The highest BCUT2D eigenvalue weighted by molar-refractivity contribution is 6.32. The van der Waals surface area contributed by atoms with Gasteiger partial charge in [-0.05, 0) is 6.07 Å². The lowest BCUT2D eigenvalue weighted by Crippen LogP contribution is -2.09. The van der Waals surface area contributed by atoms with Gasteiger partial charge in [-0.3, -0.25) is 4.98 Å². The monoisotopic (exact) mass is 223 g/mol. The summed E-state index contributed by atoms with van der Waals surface area (Å²) in [6, 6.07) is 1.15. The molecular formula is C8H8ClF2NO2. The minimum atomic E-state index is -2.88. The largest absolute Gasteiger partial charge is 0.494 e. The molecular weight excluding hydrogens is 216 g/mol. The van der Waals surface area contributed by atoms with Crippen LogP contribution >= 0.6 is 11.6 Å². The van der Waals surface area contributed by atoms with Gasteiger partial charge in [0, 0.05) is 0 Å². The molecule has 1 rings (SSSR count). The van der Waals surface area contributed by atoms with E-state index in [1.807, 2.05) is 0 Å². The first-order chi connectivity index (χ1) is 6.56. The maximum Gasteiger partial charge on any atom is 0.269 e. The van der Waals surface area contributed by atoms with E-state index in [4.69, 9.17) is 21.4 Å². The number of aliphatic hydroxyl groups excluding tert-OH is 1. The molecule has 1 atom stereocenters. The quantitative estimate of drug-likeness (QED) is 0.853. The lowest BCUT2D eigenvalue weighted by atomic mass is 10.2. The standard InChI is InChI=1S/C8H8ClF2NO2/c1-14-6-3-12-5(2-4(6)9)7(13)8(10)11/h2-3,7-8,13H,1H3. The maximum absolute atomic E-state index is 12.1. The van der Waals surface area contributed by atoms with Crippen molar-refractivity contribution in [1.29, 1.82) is 0 Å². The molecule has 0 bridgehead atoms. The van der Waals surface area contributed by atoms with Crippen molar-refractivity contribution < 1.29 is 18.6 Å². The molecule has 0 aliphatic heterocycles. The van der Waals surface area contributed by atoms with Gasteiger partial charge in [0.25, 0.3) is 6.43 Å². The molecule has 3 nitrogen and oxygen atoms in total. The summed E-state index contributed by atoms with van der Waals surface area (Å²) in [4.78, 5) is 3.59. The van der Waals surface area contributed by atoms with Crippen LogP contribution in [-0.4, -0.2) is 23.6 Å². The highest BCUT2D eigenvalue weighted by Gasteiger charge is 2.21. The molecule has 1 unspecified atom stereocenters. The highest BCUT2D eigenvalue weighted by Crippen LogP contribution is 2.27. The number of pyridine rings is 1. The molecule has 0 fully saturated rings. The van der Waals surface area contributed by atoms with Gasteiger partial charge in [0.1, 0.15) is 0 Å². The Hall–Kier alpha value is -0.940. The number of hydrogen-bond acceptors (Lipinski definition) is 3. The maximum atomic E-state index is 12.1. The molecule has 0 aliphatic carbocycles. The summed E-state index contributed by atoms with van der Waals surface area (Å²) in [5.74, 6) is 0.275. The number of methoxy groups -OCH3 is 1. The second-order valence-corrected chi connectivity index (χ2v) is 2.93. The molecule has 78 valence electrons. The van der Waals surface area contributed by atoms with Crippen molar-refractivity contribution >= 4 is 11.6 Å². The first-order valence-electron chi connectivity index (χ1n) is 3.72. The molecule has 1 heterocycles. The van der Waals surface area contributed by atoms with E-state index in [1.165, 1.54) is 13.3 Å². The van der Waals surface area contributed by atoms with Crippen molar-refractivity contribution in [1.82, 2.24) is 4.98 Å². The van der Waals surface area contributed by atoms with Gasteiger partial charge in [0.15, 0.2) is 11.9 Å². The van der Waals surface area contributed by atoms with Gasteiger partial charge in [-0.15, -0.1) is 0 Å². The van der Waals surface area contributed by atoms with Gasteiger partial charge in [0.2, 0.25) is 0 Å². The molecule has 1 aromatic heterocycles. The molecule has 14 heavy (non-hydrogen) atoms. The fraction of sp³-hybridized carbons (Fsp3) is 0.375. The summed E-state index contributed by atoms with van der Waals surface area (Å²) >= 11 is 5.66. The molecule has 0 radical (unpaired) electrons. The zero-order valence-electron chi connectivity index (χ0n) is 7.25. The fourth-order valence-corrected chi connectivity index (χ4v) is 1.11. The van der Waals surface area contributed by atoms with Crippen molar-refractivity contribution in [3.63, 3.8) is 0 Å². The number of halogens is 3. The summed E-state index contributed by atoms with van der Waals surface area (Å²) in [6.45, 7) is 0. The van der Waals surface area contributed by atoms with Crippen LogP contribution in [0.3, 0.4) is 0 Å². The summed E-state index contributed by atoms with van der Waals surface area (Å²) in [6.07, 6.45) is -3.62. The van der Waals surface area contributed by atoms with Crippen LogP contribution in [0.25, 0.3) is 0 Å². The molecule has 0 amide bonds. The van der Waals surface area contributed by atoms with E-state index in [0.29, 0.717) is 0 Å². The second-order valence-electron chi connectivity index (χ2n) is 2.52.